The number of aromatic amines is 1. The third-order valence-corrected chi connectivity index (χ3v) is 5.36. The van der Waals surface area contributed by atoms with Crippen LogP contribution in [0.5, 0.6) is 0 Å². The molecular formula is C17H21ClN4OS. The van der Waals surface area contributed by atoms with Crippen molar-refractivity contribution in [2.24, 2.45) is 5.92 Å². The van der Waals surface area contributed by atoms with E-state index in [1.54, 1.807) is 12.1 Å². The highest BCUT2D eigenvalue weighted by Crippen LogP contribution is 2.27. The highest BCUT2D eigenvalue weighted by atomic mass is 35.5. The maximum atomic E-state index is 12.1. The first kappa shape index (κ1) is 17.3. The van der Waals surface area contributed by atoms with Gasteiger partial charge < -0.3 is 5.32 Å². The predicted molar refractivity (Wildman–Crippen MR) is 97.6 cm³/mol. The first-order chi connectivity index (χ1) is 11.6. The third-order valence-electron chi connectivity index (χ3n) is 4.27. The molecule has 24 heavy (non-hydrogen) atoms. The number of carbonyl (C=O) groups excluding carboxylic acids is 1. The van der Waals surface area contributed by atoms with Gasteiger partial charge in [0.15, 0.2) is 0 Å². The molecule has 1 saturated carbocycles. The van der Waals surface area contributed by atoms with Crippen LogP contribution in [-0.2, 0) is 11.2 Å². The second kappa shape index (κ2) is 8.03. The van der Waals surface area contributed by atoms with Crippen molar-refractivity contribution in [3.63, 3.8) is 0 Å². The molecule has 0 unspecified atom stereocenters. The van der Waals surface area contributed by atoms with E-state index in [2.05, 4.69) is 20.5 Å². The Kier molecular flexibility index (Phi) is 5.79. The minimum Gasteiger partial charge on any atom is -0.325 e. The number of nitrogens with one attached hydrogen (secondary N) is 2. The molecule has 1 aliphatic rings. The van der Waals surface area contributed by atoms with E-state index in [0.29, 0.717) is 10.2 Å². The molecule has 0 aliphatic heterocycles. The Morgan fingerprint density at radius 3 is 3.00 bits per heavy atom. The second-order valence-corrected chi connectivity index (χ2v) is 7.59. The van der Waals surface area contributed by atoms with Crippen LogP contribution in [0.3, 0.4) is 0 Å². The quantitative estimate of drug-likeness (QED) is 0.752. The standard InChI is InChI=1S/C17H21ClN4OS/c1-11-6-7-13(18)9-14(11)19-16(23)10-24-17-20-15(21-22-17)8-12-4-2-3-5-12/h6-7,9,12H,2-5,8,10H2,1H3,(H,19,23)(H,20,21,22). The molecule has 1 fully saturated rings. The molecule has 0 spiro atoms. The third kappa shape index (κ3) is 4.74. The minimum absolute atomic E-state index is 0.0903. The number of thioether (sulfide) groups is 1. The number of benzene rings is 1. The Labute approximate surface area is 151 Å². The van der Waals surface area contributed by atoms with Crippen LogP contribution in [0.15, 0.2) is 23.4 Å². The van der Waals surface area contributed by atoms with Crippen molar-refractivity contribution in [3.05, 3.63) is 34.6 Å². The maximum Gasteiger partial charge on any atom is 0.234 e. The van der Waals surface area contributed by atoms with Gasteiger partial charge in [-0.1, -0.05) is 55.1 Å². The molecular weight excluding hydrogens is 344 g/mol. The highest BCUT2D eigenvalue weighted by molar-refractivity contribution is 7.99. The maximum absolute atomic E-state index is 12.1. The molecule has 2 aromatic rings. The normalized spacial score (nSPS) is 14.9. The molecule has 0 bridgehead atoms. The zero-order valence-corrected chi connectivity index (χ0v) is 15.2. The van der Waals surface area contributed by atoms with Crippen LogP contribution < -0.4 is 5.32 Å². The van der Waals surface area contributed by atoms with Crippen LogP contribution in [0.25, 0.3) is 0 Å². The van der Waals surface area contributed by atoms with Crippen molar-refractivity contribution in [3.8, 4) is 0 Å². The Bertz CT molecular complexity index is 712. The number of H-pyrrole nitrogens is 1. The lowest BCUT2D eigenvalue weighted by molar-refractivity contribution is -0.113. The second-order valence-electron chi connectivity index (χ2n) is 6.22. The summed E-state index contributed by atoms with van der Waals surface area (Å²) in [6, 6.07) is 5.45. The average Bonchev–Trinajstić information content (AvgIpc) is 3.21. The van der Waals surface area contributed by atoms with Gasteiger partial charge in [-0.3, -0.25) is 9.89 Å². The number of hydrogen-bond donors (Lipinski definition) is 2. The molecule has 5 nitrogen and oxygen atoms in total. The number of aryl methyl sites for hydroxylation is 1. The molecule has 1 aromatic heterocycles. The average molecular weight is 365 g/mol. The lowest BCUT2D eigenvalue weighted by atomic mass is 10.0. The number of hydrogen-bond acceptors (Lipinski definition) is 4. The number of carbonyl (C=O) groups is 1. The van der Waals surface area contributed by atoms with E-state index in [9.17, 15) is 4.79 Å². The number of rotatable bonds is 6. The summed E-state index contributed by atoms with van der Waals surface area (Å²) in [6.45, 7) is 1.93. The van der Waals surface area contributed by atoms with E-state index < -0.39 is 0 Å². The first-order valence-electron chi connectivity index (χ1n) is 8.20. The largest absolute Gasteiger partial charge is 0.325 e. The molecule has 1 aliphatic carbocycles. The van der Waals surface area contributed by atoms with E-state index in [4.69, 9.17) is 11.6 Å². The predicted octanol–water partition coefficient (Wildman–Crippen LogP) is 4.23. The lowest BCUT2D eigenvalue weighted by Crippen LogP contribution is -2.15. The van der Waals surface area contributed by atoms with Gasteiger partial charge in [-0.05, 0) is 30.5 Å². The molecule has 1 heterocycles. The van der Waals surface area contributed by atoms with Crippen LogP contribution in [0.4, 0.5) is 5.69 Å². The summed E-state index contributed by atoms with van der Waals surface area (Å²) in [5, 5.41) is 11.3. The summed E-state index contributed by atoms with van der Waals surface area (Å²) in [5.41, 5.74) is 1.72. The Balaban J connectivity index is 1.49. The zero-order chi connectivity index (χ0) is 16.9. The van der Waals surface area contributed by atoms with E-state index in [0.717, 1.165) is 29.4 Å². The fraction of sp³-hybridized carbons (Fsp3) is 0.471. The summed E-state index contributed by atoms with van der Waals surface area (Å²) in [5.74, 6) is 1.83. The van der Waals surface area contributed by atoms with Crippen LogP contribution in [0.2, 0.25) is 5.02 Å². The number of amides is 1. The van der Waals surface area contributed by atoms with Crippen molar-refractivity contribution in [2.75, 3.05) is 11.1 Å². The SMILES string of the molecule is Cc1ccc(Cl)cc1NC(=O)CSc1n[nH]c(CC2CCCC2)n1. The molecule has 0 saturated heterocycles. The van der Waals surface area contributed by atoms with E-state index in [-0.39, 0.29) is 11.7 Å². The monoisotopic (exact) mass is 364 g/mol. The van der Waals surface area contributed by atoms with Gasteiger partial charge in [-0.25, -0.2) is 4.98 Å². The fourth-order valence-corrected chi connectivity index (χ4v) is 3.76. The molecule has 0 radical (unpaired) electrons. The van der Waals surface area contributed by atoms with Crippen molar-refractivity contribution < 1.29 is 4.79 Å². The lowest BCUT2D eigenvalue weighted by Gasteiger charge is -2.08. The number of anilines is 1. The van der Waals surface area contributed by atoms with Gasteiger partial charge in [-0.2, -0.15) is 0 Å². The van der Waals surface area contributed by atoms with Crippen molar-refractivity contribution in [1.29, 1.82) is 0 Å². The van der Waals surface area contributed by atoms with Crippen LogP contribution in [0, 0.1) is 12.8 Å². The van der Waals surface area contributed by atoms with Crippen molar-refractivity contribution in [2.45, 2.75) is 44.2 Å². The van der Waals surface area contributed by atoms with Crippen molar-refractivity contribution in [1.82, 2.24) is 15.2 Å². The Hall–Kier alpha value is -1.53. The summed E-state index contributed by atoms with van der Waals surface area (Å²) >= 11 is 7.30. The summed E-state index contributed by atoms with van der Waals surface area (Å²) in [7, 11) is 0. The van der Waals surface area contributed by atoms with Gasteiger partial charge >= 0.3 is 0 Å². The van der Waals surface area contributed by atoms with E-state index in [1.807, 2.05) is 13.0 Å². The molecule has 0 atom stereocenters. The molecule has 1 aromatic carbocycles. The molecule has 7 heteroatoms. The molecule has 3 rings (SSSR count). The number of halogens is 1. The van der Waals surface area contributed by atoms with Gasteiger partial charge in [0.25, 0.3) is 0 Å². The highest BCUT2D eigenvalue weighted by Gasteiger charge is 2.17. The molecule has 2 N–H and O–H groups in total. The summed E-state index contributed by atoms with van der Waals surface area (Å²) in [6.07, 6.45) is 6.17. The van der Waals surface area contributed by atoms with Crippen LogP contribution >= 0.6 is 23.4 Å². The van der Waals surface area contributed by atoms with Gasteiger partial charge in [-0.15, -0.1) is 5.10 Å². The van der Waals surface area contributed by atoms with Crippen molar-refractivity contribution >= 4 is 35.0 Å². The number of nitrogens with zero attached hydrogens (tertiary/aromatic N) is 2. The van der Waals surface area contributed by atoms with Gasteiger partial charge in [0.05, 0.1) is 5.75 Å². The van der Waals surface area contributed by atoms with Crippen LogP contribution in [0.1, 0.15) is 37.1 Å². The fourth-order valence-electron chi connectivity index (χ4n) is 2.97. The smallest absolute Gasteiger partial charge is 0.234 e. The molecule has 1 amide bonds. The van der Waals surface area contributed by atoms with E-state index >= 15 is 0 Å². The van der Waals surface area contributed by atoms with Crippen LogP contribution in [-0.4, -0.2) is 26.8 Å². The summed E-state index contributed by atoms with van der Waals surface area (Å²) in [4.78, 5) is 16.6. The number of aromatic nitrogens is 3. The Morgan fingerprint density at radius 1 is 1.42 bits per heavy atom. The zero-order valence-electron chi connectivity index (χ0n) is 13.6. The topological polar surface area (TPSA) is 70.7 Å². The van der Waals surface area contributed by atoms with Gasteiger partial charge in [0.2, 0.25) is 11.1 Å². The molecule has 128 valence electrons. The van der Waals surface area contributed by atoms with E-state index in [1.165, 1.54) is 37.4 Å². The van der Waals surface area contributed by atoms with Gasteiger partial charge in [0.1, 0.15) is 5.82 Å². The minimum atomic E-state index is -0.0903. The first-order valence-corrected chi connectivity index (χ1v) is 9.56. The summed E-state index contributed by atoms with van der Waals surface area (Å²) < 4.78 is 0. The Morgan fingerprint density at radius 2 is 2.21 bits per heavy atom. The van der Waals surface area contributed by atoms with Gasteiger partial charge in [0, 0.05) is 17.1 Å².